The highest BCUT2D eigenvalue weighted by Gasteiger charge is 2.13. The summed E-state index contributed by atoms with van der Waals surface area (Å²) >= 11 is 0. The number of benzene rings is 2. The van der Waals surface area contributed by atoms with Gasteiger partial charge in [0.05, 0.1) is 17.5 Å². The van der Waals surface area contributed by atoms with Crippen molar-refractivity contribution in [1.82, 2.24) is 10.2 Å². The van der Waals surface area contributed by atoms with Crippen LogP contribution < -0.4 is 5.73 Å². The topological polar surface area (TPSA) is 101 Å². The molecule has 0 saturated heterocycles. The van der Waals surface area contributed by atoms with Gasteiger partial charge < -0.3 is 9.15 Å². The number of nitrogens with two attached hydrogens (primary N) is 1. The lowest BCUT2D eigenvalue weighted by atomic mass is 10.0. The van der Waals surface area contributed by atoms with Gasteiger partial charge in [0, 0.05) is 21.9 Å². The second-order valence-electron chi connectivity index (χ2n) is 5.22. The fourth-order valence-corrected chi connectivity index (χ4v) is 2.69. The molecule has 6 heteroatoms. The first-order valence-corrected chi connectivity index (χ1v) is 7.12. The van der Waals surface area contributed by atoms with Gasteiger partial charge in [-0.05, 0) is 36.4 Å². The average Bonchev–Trinajstić information content (AvgIpc) is 3.20. The van der Waals surface area contributed by atoms with E-state index < -0.39 is 6.23 Å². The van der Waals surface area contributed by atoms with E-state index >= 15 is 0 Å². The maximum absolute atomic E-state index is 7.00. The molecule has 0 fully saturated rings. The largest absolute Gasteiger partial charge is 0.464 e. The molecule has 0 bridgehead atoms. The number of hydrogen-bond donors (Lipinski definition) is 3. The summed E-state index contributed by atoms with van der Waals surface area (Å²) < 4.78 is 10.4. The van der Waals surface area contributed by atoms with E-state index in [0.29, 0.717) is 0 Å². The molecule has 2 aromatic heterocycles. The number of aromatic nitrogens is 2. The van der Waals surface area contributed by atoms with E-state index in [-0.39, 0.29) is 0 Å². The normalized spacial score (nSPS) is 12.6. The second-order valence-corrected chi connectivity index (χ2v) is 5.22. The lowest BCUT2D eigenvalue weighted by Crippen LogP contribution is -2.13. The maximum atomic E-state index is 7.00. The van der Waals surface area contributed by atoms with E-state index in [1.54, 1.807) is 6.26 Å². The molecular weight excluding hydrogens is 292 g/mol. The van der Waals surface area contributed by atoms with Crippen molar-refractivity contribution in [2.45, 2.75) is 6.23 Å². The number of ether oxygens (including phenoxy) is 1. The molecule has 23 heavy (non-hydrogen) atoms. The molecule has 0 spiro atoms. The fourth-order valence-electron chi connectivity index (χ4n) is 2.69. The standard InChI is InChI=1S/C17H14N4O2/c18-9-23-17(19)12-1-3-14-13(8-12)16(21-20-14)11-2-4-15-10(7-11)5-6-22-15/h1-9,17-18H,19H2,(H,20,21). The summed E-state index contributed by atoms with van der Waals surface area (Å²) in [4.78, 5) is 0. The Morgan fingerprint density at radius 3 is 3.00 bits per heavy atom. The predicted octanol–water partition coefficient (Wildman–Crippen LogP) is 3.56. The monoisotopic (exact) mass is 306 g/mol. The lowest BCUT2D eigenvalue weighted by Gasteiger charge is -2.10. The van der Waals surface area contributed by atoms with Crippen LogP contribution in [0.3, 0.4) is 0 Å². The molecule has 2 heterocycles. The average molecular weight is 306 g/mol. The van der Waals surface area contributed by atoms with Crippen LogP contribution in [0, 0.1) is 5.41 Å². The van der Waals surface area contributed by atoms with Gasteiger partial charge in [-0.15, -0.1) is 0 Å². The molecule has 4 rings (SSSR count). The highest BCUT2D eigenvalue weighted by atomic mass is 16.5. The Bertz CT molecular complexity index is 1000. The van der Waals surface area contributed by atoms with Crippen molar-refractivity contribution in [3.8, 4) is 11.3 Å². The van der Waals surface area contributed by atoms with Crippen LogP contribution in [0.25, 0.3) is 33.1 Å². The van der Waals surface area contributed by atoms with E-state index in [4.69, 9.17) is 20.3 Å². The van der Waals surface area contributed by atoms with Gasteiger partial charge in [-0.1, -0.05) is 6.07 Å². The van der Waals surface area contributed by atoms with Crippen LogP contribution in [-0.2, 0) is 4.74 Å². The summed E-state index contributed by atoms with van der Waals surface area (Å²) in [6.07, 6.45) is 1.84. The van der Waals surface area contributed by atoms with Gasteiger partial charge in [-0.25, -0.2) is 0 Å². The molecule has 1 atom stereocenters. The van der Waals surface area contributed by atoms with Gasteiger partial charge in [-0.3, -0.25) is 16.2 Å². The molecule has 4 aromatic rings. The molecule has 4 N–H and O–H groups in total. The van der Waals surface area contributed by atoms with Gasteiger partial charge in [0.15, 0.2) is 12.6 Å². The van der Waals surface area contributed by atoms with E-state index in [1.807, 2.05) is 42.5 Å². The minimum absolute atomic E-state index is 0.670. The van der Waals surface area contributed by atoms with Crippen molar-refractivity contribution in [1.29, 1.82) is 5.41 Å². The first-order chi connectivity index (χ1) is 11.3. The first-order valence-electron chi connectivity index (χ1n) is 7.12. The van der Waals surface area contributed by atoms with E-state index in [1.165, 1.54) is 0 Å². The van der Waals surface area contributed by atoms with Crippen LogP contribution in [0.1, 0.15) is 11.8 Å². The van der Waals surface area contributed by atoms with Crippen LogP contribution in [0.5, 0.6) is 0 Å². The summed E-state index contributed by atoms with van der Waals surface area (Å²) in [6.45, 7) is 0. The number of hydrogen-bond acceptors (Lipinski definition) is 5. The van der Waals surface area contributed by atoms with Gasteiger partial charge in [-0.2, -0.15) is 5.10 Å². The molecule has 0 amide bonds. The second kappa shape index (κ2) is 5.26. The Balaban J connectivity index is 1.85. The van der Waals surface area contributed by atoms with Gasteiger partial charge in [0.25, 0.3) is 0 Å². The highest BCUT2D eigenvalue weighted by Crippen LogP contribution is 2.30. The molecule has 114 valence electrons. The number of nitrogens with one attached hydrogen (secondary N) is 2. The Hall–Kier alpha value is -3.12. The third-order valence-electron chi connectivity index (χ3n) is 3.86. The number of furan rings is 1. The summed E-state index contributed by atoms with van der Waals surface area (Å²) in [6, 6.07) is 13.6. The van der Waals surface area contributed by atoms with Crippen molar-refractivity contribution in [2.75, 3.05) is 0 Å². The summed E-state index contributed by atoms with van der Waals surface area (Å²) in [5.74, 6) is 0. The van der Waals surface area contributed by atoms with Crippen molar-refractivity contribution < 1.29 is 9.15 Å². The van der Waals surface area contributed by atoms with E-state index in [0.717, 1.165) is 45.1 Å². The minimum Gasteiger partial charge on any atom is -0.464 e. The summed E-state index contributed by atoms with van der Waals surface area (Å²) in [7, 11) is 0. The third-order valence-corrected chi connectivity index (χ3v) is 3.86. The number of rotatable bonds is 4. The SMILES string of the molecule is N=COC(N)c1ccc2[nH]nc(-c3ccc4occc4c3)c2c1. The Morgan fingerprint density at radius 1 is 1.22 bits per heavy atom. The van der Waals surface area contributed by atoms with Crippen molar-refractivity contribution in [2.24, 2.45) is 5.73 Å². The number of aromatic amines is 1. The van der Waals surface area contributed by atoms with Crippen LogP contribution in [0.2, 0.25) is 0 Å². The fraction of sp³-hybridized carbons (Fsp3) is 0.0588. The van der Waals surface area contributed by atoms with Crippen molar-refractivity contribution in [3.63, 3.8) is 0 Å². The maximum Gasteiger partial charge on any atom is 0.175 e. The zero-order chi connectivity index (χ0) is 15.8. The third kappa shape index (κ3) is 2.25. The molecule has 1 unspecified atom stereocenters. The van der Waals surface area contributed by atoms with Gasteiger partial charge >= 0.3 is 0 Å². The Labute approximate surface area is 131 Å². The number of H-pyrrole nitrogens is 1. The van der Waals surface area contributed by atoms with Gasteiger partial charge in [0.1, 0.15) is 5.58 Å². The molecule has 0 radical (unpaired) electrons. The van der Waals surface area contributed by atoms with Crippen molar-refractivity contribution >= 4 is 28.3 Å². The smallest absolute Gasteiger partial charge is 0.175 e. The zero-order valence-corrected chi connectivity index (χ0v) is 12.1. The van der Waals surface area contributed by atoms with Crippen LogP contribution in [0.15, 0.2) is 53.1 Å². The van der Waals surface area contributed by atoms with E-state index in [9.17, 15) is 0 Å². The first kappa shape index (κ1) is 13.5. The van der Waals surface area contributed by atoms with Crippen LogP contribution >= 0.6 is 0 Å². The van der Waals surface area contributed by atoms with Crippen molar-refractivity contribution in [3.05, 3.63) is 54.3 Å². The van der Waals surface area contributed by atoms with Crippen LogP contribution in [0.4, 0.5) is 0 Å². The Kier molecular flexibility index (Phi) is 3.09. The molecule has 0 aliphatic carbocycles. The quantitative estimate of drug-likeness (QED) is 0.305. The predicted molar refractivity (Wildman–Crippen MR) is 88.1 cm³/mol. The van der Waals surface area contributed by atoms with Gasteiger partial charge in [0.2, 0.25) is 0 Å². The lowest BCUT2D eigenvalue weighted by molar-refractivity contribution is 0.210. The summed E-state index contributed by atoms with van der Waals surface area (Å²) in [5, 5.41) is 16.4. The minimum atomic E-state index is -0.670. The highest BCUT2D eigenvalue weighted by molar-refractivity contribution is 5.95. The molecule has 0 aliphatic rings. The number of nitrogens with zero attached hydrogens (tertiary/aromatic N) is 1. The van der Waals surface area contributed by atoms with E-state index in [2.05, 4.69) is 10.2 Å². The molecular formula is C17H14N4O2. The molecule has 6 nitrogen and oxygen atoms in total. The number of fused-ring (bicyclic) bond motifs is 2. The summed E-state index contributed by atoms with van der Waals surface area (Å²) in [5.41, 5.74) is 10.3. The molecule has 0 saturated carbocycles. The molecule has 0 aliphatic heterocycles. The molecule has 2 aromatic carbocycles. The van der Waals surface area contributed by atoms with Crippen LogP contribution in [-0.4, -0.2) is 16.6 Å². The zero-order valence-electron chi connectivity index (χ0n) is 12.1. The Morgan fingerprint density at radius 2 is 2.13 bits per heavy atom.